The highest BCUT2D eigenvalue weighted by Gasteiger charge is 2.33. The van der Waals surface area contributed by atoms with Gasteiger partial charge in [0.05, 0.1) is 36.7 Å². The van der Waals surface area contributed by atoms with Gasteiger partial charge in [-0.1, -0.05) is 12.2 Å². The maximum Gasteiger partial charge on any atom is 0.349 e. The molecule has 0 radical (unpaired) electrons. The summed E-state index contributed by atoms with van der Waals surface area (Å²) in [4.78, 5) is 50.3. The third-order valence-corrected chi connectivity index (χ3v) is 6.25. The summed E-state index contributed by atoms with van der Waals surface area (Å²) in [6.07, 6.45) is 0. The molecule has 2 aromatic heterocycles. The molecule has 0 saturated carbocycles. The number of thiophene rings is 1. The molecule has 0 bridgehead atoms. The fraction of sp³-hybridized carbons (Fsp3) is 0.421. The molecule has 0 N–H and O–H groups in total. The molecular formula is C19H20O8S3. The quantitative estimate of drug-likeness (QED) is 0.314. The number of hydrogen-bond donors (Lipinski definition) is 0. The van der Waals surface area contributed by atoms with Crippen molar-refractivity contribution in [2.24, 2.45) is 0 Å². The van der Waals surface area contributed by atoms with Crippen LogP contribution in [0.1, 0.15) is 67.8 Å². The monoisotopic (exact) mass is 472 g/mol. The van der Waals surface area contributed by atoms with Gasteiger partial charge in [0.1, 0.15) is 19.1 Å². The van der Waals surface area contributed by atoms with Gasteiger partial charge >= 0.3 is 23.9 Å². The predicted molar refractivity (Wildman–Crippen MR) is 114 cm³/mol. The molecule has 0 aromatic carbocycles. The van der Waals surface area contributed by atoms with Crippen LogP contribution >= 0.6 is 34.9 Å². The van der Waals surface area contributed by atoms with E-state index < -0.39 is 23.9 Å². The molecule has 0 aliphatic carbocycles. The van der Waals surface area contributed by atoms with E-state index in [-0.39, 0.29) is 61.2 Å². The Hall–Kier alpha value is -2.37. The van der Waals surface area contributed by atoms with E-state index >= 15 is 0 Å². The van der Waals surface area contributed by atoms with Crippen molar-refractivity contribution in [1.82, 2.24) is 0 Å². The highest BCUT2D eigenvalue weighted by Crippen LogP contribution is 2.40. The molecule has 11 heteroatoms. The first-order chi connectivity index (χ1) is 14.3. The molecule has 0 aliphatic rings. The van der Waals surface area contributed by atoms with Crippen LogP contribution in [0, 0.1) is 3.82 Å². The lowest BCUT2D eigenvalue weighted by atomic mass is 10.1. The average molecular weight is 473 g/mol. The van der Waals surface area contributed by atoms with Crippen LogP contribution in [0.2, 0.25) is 0 Å². The third kappa shape index (κ3) is 4.68. The van der Waals surface area contributed by atoms with Crippen molar-refractivity contribution in [3.05, 3.63) is 24.7 Å². The number of fused-ring (bicyclic) bond motifs is 1. The Labute approximate surface area is 185 Å². The van der Waals surface area contributed by atoms with Gasteiger partial charge in [0.2, 0.25) is 0 Å². The van der Waals surface area contributed by atoms with Gasteiger partial charge < -0.3 is 18.9 Å². The summed E-state index contributed by atoms with van der Waals surface area (Å²) < 4.78 is 20.6. The molecular weight excluding hydrogens is 452 g/mol. The molecule has 8 nitrogen and oxygen atoms in total. The summed E-state index contributed by atoms with van der Waals surface area (Å²) in [5.41, 5.74) is -0.187. The minimum atomic E-state index is -0.788. The van der Waals surface area contributed by atoms with Gasteiger partial charge in [-0.3, -0.25) is 0 Å². The van der Waals surface area contributed by atoms with Crippen LogP contribution in [-0.4, -0.2) is 50.3 Å². The van der Waals surface area contributed by atoms with Gasteiger partial charge in [-0.2, -0.15) is 0 Å². The van der Waals surface area contributed by atoms with Gasteiger partial charge in [-0.15, -0.1) is 22.7 Å². The van der Waals surface area contributed by atoms with E-state index in [1.807, 2.05) is 0 Å². The zero-order chi connectivity index (χ0) is 22.4. The molecule has 2 aromatic rings. The van der Waals surface area contributed by atoms with E-state index in [9.17, 15) is 19.2 Å². The number of rotatable bonds is 8. The van der Waals surface area contributed by atoms with Crippen LogP contribution in [0.5, 0.6) is 0 Å². The molecule has 0 atom stereocenters. The predicted octanol–water partition coefficient (Wildman–Crippen LogP) is 4.40. The van der Waals surface area contributed by atoms with Crippen LogP contribution in [0.25, 0.3) is 10.1 Å². The van der Waals surface area contributed by atoms with Gasteiger partial charge in [0.15, 0.2) is 0 Å². The Morgan fingerprint density at radius 2 is 1.07 bits per heavy atom. The van der Waals surface area contributed by atoms with E-state index in [0.29, 0.717) is 0 Å². The summed E-state index contributed by atoms with van der Waals surface area (Å²) >= 11 is 7.05. The third-order valence-electron chi connectivity index (χ3n) is 3.64. The molecule has 0 amide bonds. The highest BCUT2D eigenvalue weighted by atomic mass is 32.1. The number of carbonyl (C=O) groups is 4. The molecule has 0 spiro atoms. The van der Waals surface area contributed by atoms with Gasteiger partial charge in [-0.25, -0.2) is 19.2 Å². The van der Waals surface area contributed by atoms with Crippen LogP contribution in [0.15, 0.2) is 0 Å². The summed E-state index contributed by atoms with van der Waals surface area (Å²) in [5.74, 6) is -3.07. The minimum Gasteiger partial charge on any atom is -0.462 e. The van der Waals surface area contributed by atoms with Crippen LogP contribution < -0.4 is 0 Å². The fourth-order valence-electron chi connectivity index (χ4n) is 2.57. The smallest absolute Gasteiger partial charge is 0.349 e. The van der Waals surface area contributed by atoms with Gasteiger partial charge in [0, 0.05) is 5.39 Å². The van der Waals surface area contributed by atoms with Crippen molar-refractivity contribution in [2.45, 2.75) is 27.7 Å². The Balaban J connectivity index is 2.97. The van der Waals surface area contributed by atoms with E-state index in [1.165, 1.54) is 0 Å². The van der Waals surface area contributed by atoms with Crippen molar-refractivity contribution in [2.75, 3.05) is 26.4 Å². The maximum absolute atomic E-state index is 12.7. The lowest BCUT2D eigenvalue weighted by molar-refractivity contribution is 0.0484. The number of esters is 4. The number of ether oxygens (including phenoxy) is 4. The van der Waals surface area contributed by atoms with Crippen molar-refractivity contribution >= 4 is 68.9 Å². The van der Waals surface area contributed by atoms with Crippen molar-refractivity contribution in [1.29, 1.82) is 0 Å². The molecule has 0 saturated heterocycles. The van der Waals surface area contributed by atoms with E-state index in [4.69, 9.17) is 31.2 Å². The number of carbonyl (C=O) groups excluding carboxylic acids is 4. The Kier molecular flexibility index (Phi) is 8.44. The number of hydrogen-bond acceptors (Lipinski definition) is 11. The van der Waals surface area contributed by atoms with Crippen molar-refractivity contribution in [3.63, 3.8) is 0 Å². The Morgan fingerprint density at radius 1 is 0.667 bits per heavy atom. The Morgan fingerprint density at radius 3 is 1.53 bits per heavy atom. The largest absolute Gasteiger partial charge is 0.462 e. The standard InChI is InChI=1S/C19H20O8S3/c1-5-24-15(20)9-10-12(29-13(9)17(22)26-7-3)11(16(21)25-6-2)14(30-19(10)28)18(23)27-8-4/h5-8H2,1-4H3. The van der Waals surface area contributed by atoms with Crippen LogP contribution in [0.4, 0.5) is 0 Å². The van der Waals surface area contributed by atoms with Crippen LogP contribution in [0.3, 0.4) is 0 Å². The lowest BCUT2D eigenvalue weighted by Crippen LogP contribution is -2.14. The molecule has 0 unspecified atom stereocenters. The second-order valence-electron chi connectivity index (χ2n) is 5.49. The first-order valence-electron chi connectivity index (χ1n) is 9.14. The first kappa shape index (κ1) is 23.9. The first-order valence-corrected chi connectivity index (χ1v) is 11.2. The summed E-state index contributed by atoms with van der Waals surface area (Å²) in [6.45, 7) is 6.79. The Bertz CT molecular complexity index is 1050. The second-order valence-corrected chi connectivity index (χ2v) is 8.19. The second kappa shape index (κ2) is 10.6. The molecule has 162 valence electrons. The zero-order valence-electron chi connectivity index (χ0n) is 16.8. The van der Waals surface area contributed by atoms with Gasteiger partial charge in [0.25, 0.3) is 0 Å². The molecule has 0 aliphatic heterocycles. The normalized spacial score (nSPS) is 10.5. The SMILES string of the molecule is CCOC(=O)c1sc(=S)c2c(C(=O)OCC)c(C(=O)OCC)sc2c1C(=O)OCC. The summed E-state index contributed by atoms with van der Waals surface area (Å²) in [7, 11) is 0. The average Bonchev–Trinajstić information content (AvgIpc) is 3.09. The van der Waals surface area contributed by atoms with Crippen molar-refractivity contribution < 1.29 is 38.1 Å². The minimum absolute atomic E-state index is 0.0557. The zero-order valence-corrected chi connectivity index (χ0v) is 19.3. The summed E-state index contributed by atoms with van der Waals surface area (Å²) in [6, 6.07) is 0. The lowest BCUT2D eigenvalue weighted by Gasteiger charge is -2.09. The fourth-order valence-corrected chi connectivity index (χ4v) is 5.36. The molecule has 30 heavy (non-hydrogen) atoms. The van der Waals surface area contributed by atoms with E-state index in [0.717, 1.165) is 22.7 Å². The molecule has 2 heterocycles. The van der Waals surface area contributed by atoms with Gasteiger partial charge in [-0.05, 0) is 27.7 Å². The highest BCUT2D eigenvalue weighted by molar-refractivity contribution is 7.74. The van der Waals surface area contributed by atoms with Crippen LogP contribution in [-0.2, 0) is 18.9 Å². The topological polar surface area (TPSA) is 105 Å². The maximum atomic E-state index is 12.7. The van der Waals surface area contributed by atoms with Crippen molar-refractivity contribution in [3.8, 4) is 0 Å². The summed E-state index contributed by atoms with van der Waals surface area (Å²) in [5, 5.41) is 0.178. The van der Waals surface area contributed by atoms with E-state index in [1.54, 1.807) is 27.7 Å². The molecule has 0 fully saturated rings. The molecule has 2 rings (SSSR count). The van der Waals surface area contributed by atoms with E-state index in [2.05, 4.69) is 0 Å².